The number of nitro groups is 1. The van der Waals surface area contributed by atoms with Gasteiger partial charge in [-0.1, -0.05) is 33.6 Å². The molecule has 0 radical (unpaired) electrons. The highest BCUT2D eigenvalue weighted by atomic mass is 79.9. The molecular weight excluding hydrogens is 346 g/mol. The highest BCUT2D eigenvalue weighted by Gasteiger charge is 2.12. The minimum absolute atomic E-state index is 0.0677. The van der Waals surface area contributed by atoms with Crippen LogP contribution in [0.2, 0.25) is 5.02 Å². The van der Waals surface area contributed by atoms with E-state index in [1.807, 2.05) is 12.1 Å². The molecule has 0 amide bonds. The van der Waals surface area contributed by atoms with Gasteiger partial charge >= 0.3 is 0 Å². The molecule has 0 aromatic heterocycles. The Balaban J connectivity index is 2.26. The monoisotopic (exact) mass is 355 g/mol. The van der Waals surface area contributed by atoms with Crippen molar-refractivity contribution in [2.45, 2.75) is 12.3 Å². The third-order valence-corrected chi connectivity index (χ3v) is 3.69. The van der Waals surface area contributed by atoms with Crippen LogP contribution in [0.15, 0.2) is 36.4 Å². The molecule has 4 nitrogen and oxygen atoms in total. The number of aryl methyl sites for hydroxylation is 1. The first-order chi connectivity index (χ1) is 9.51. The number of ether oxygens (including phenoxy) is 1. The van der Waals surface area contributed by atoms with Crippen LogP contribution in [-0.2, 0) is 5.33 Å². The van der Waals surface area contributed by atoms with Gasteiger partial charge in [-0.15, -0.1) is 0 Å². The lowest BCUT2D eigenvalue weighted by atomic mass is 10.2. The maximum Gasteiger partial charge on any atom is 0.272 e. The first kappa shape index (κ1) is 14.8. The molecule has 0 N–H and O–H groups in total. The van der Waals surface area contributed by atoms with Crippen molar-refractivity contribution in [3.8, 4) is 11.5 Å². The van der Waals surface area contributed by atoms with Crippen LogP contribution in [0, 0.1) is 17.0 Å². The molecule has 6 heteroatoms. The van der Waals surface area contributed by atoms with Crippen molar-refractivity contribution >= 4 is 33.2 Å². The summed E-state index contributed by atoms with van der Waals surface area (Å²) < 4.78 is 5.65. The van der Waals surface area contributed by atoms with E-state index in [0.717, 1.165) is 5.56 Å². The molecule has 0 fully saturated rings. The van der Waals surface area contributed by atoms with Crippen molar-refractivity contribution in [2.75, 3.05) is 0 Å². The fourth-order valence-electron chi connectivity index (χ4n) is 1.73. The summed E-state index contributed by atoms with van der Waals surface area (Å²) in [5, 5.41) is 12.0. The first-order valence-corrected chi connectivity index (χ1v) is 7.28. The summed E-state index contributed by atoms with van der Waals surface area (Å²) in [4.78, 5) is 10.3. The van der Waals surface area contributed by atoms with Gasteiger partial charge in [-0.05, 0) is 36.8 Å². The van der Waals surface area contributed by atoms with E-state index in [1.54, 1.807) is 25.1 Å². The summed E-state index contributed by atoms with van der Waals surface area (Å²) in [6.45, 7) is 1.67. The molecule has 0 unspecified atom stereocenters. The number of halogens is 2. The van der Waals surface area contributed by atoms with E-state index >= 15 is 0 Å². The maximum absolute atomic E-state index is 10.8. The van der Waals surface area contributed by atoms with E-state index in [2.05, 4.69) is 15.9 Å². The van der Waals surface area contributed by atoms with Crippen LogP contribution < -0.4 is 4.74 Å². The van der Waals surface area contributed by atoms with E-state index in [1.165, 1.54) is 6.07 Å². The van der Waals surface area contributed by atoms with Crippen molar-refractivity contribution in [1.82, 2.24) is 0 Å². The largest absolute Gasteiger partial charge is 0.456 e. The molecule has 0 bridgehead atoms. The molecule has 0 saturated heterocycles. The van der Waals surface area contributed by atoms with Crippen molar-refractivity contribution in [3.63, 3.8) is 0 Å². The number of nitrogens with zero attached hydrogens (tertiary/aromatic N) is 1. The third kappa shape index (κ3) is 3.29. The van der Waals surface area contributed by atoms with Crippen LogP contribution in [-0.4, -0.2) is 4.92 Å². The molecule has 20 heavy (non-hydrogen) atoms. The fraction of sp³-hybridized carbons (Fsp3) is 0.143. The van der Waals surface area contributed by atoms with E-state index in [4.69, 9.17) is 16.3 Å². The van der Waals surface area contributed by atoms with Gasteiger partial charge in [-0.2, -0.15) is 0 Å². The zero-order valence-corrected chi connectivity index (χ0v) is 12.9. The van der Waals surface area contributed by atoms with Gasteiger partial charge in [0.2, 0.25) is 0 Å². The van der Waals surface area contributed by atoms with Gasteiger partial charge in [0.1, 0.15) is 11.5 Å². The SMILES string of the molecule is Cc1cc(Oc2ccc(CBr)cc2Cl)ccc1[N+](=O)[O-]. The molecule has 104 valence electrons. The molecule has 2 aromatic carbocycles. The van der Waals surface area contributed by atoms with Gasteiger partial charge in [0.05, 0.1) is 9.95 Å². The quantitative estimate of drug-likeness (QED) is 0.427. The molecule has 0 aliphatic carbocycles. The van der Waals surface area contributed by atoms with Crippen molar-refractivity contribution in [1.29, 1.82) is 0 Å². The van der Waals surface area contributed by atoms with Gasteiger partial charge in [0, 0.05) is 17.0 Å². The second-order valence-corrected chi connectivity index (χ2v) is 5.17. The molecule has 2 rings (SSSR count). The van der Waals surface area contributed by atoms with Crippen molar-refractivity contribution < 1.29 is 9.66 Å². The van der Waals surface area contributed by atoms with Crippen LogP contribution in [0.1, 0.15) is 11.1 Å². The maximum atomic E-state index is 10.8. The summed E-state index contributed by atoms with van der Waals surface area (Å²) in [5.41, 5.74) is 1.65. The Kier molecular flexibility index (Phi) is 4.62. The third-order valence-electron chi connectivity index (χ3n) is 2.74. The van der Waals surface area contributed by atoms with E-state index in [0.29, 0.717) is 27.4 Å². The Morgan fingerprint density at radius 1 is 1.30 bits per heavy atom. The molecule has 2 aromatic rings. The highest BCUT2D eigenvalue weighted by Crippen LogP contribution is 2.32. The van der Waals surface area contributed by atoms with Gasteiger partial charge in [0.15, 0.2) is 0 Å². The highest BCUT2D eigenvalue weighted by molar-refractivity contribution is 9.08. The Bertz CT molecular complexity index is 661. The average Bonchev–Trinajstić information content (AvgIpc) is 2.40. The second-order valence-electron chi connectivity index (χ2n) is 4.21. The standard InChI is InChI=1S/C14H11BrClNO3/c1-9-6-11(3-4-13(9)17(18)19)20-14-5-2-10(8-15)7-12(14)16/h2-7H,8H2,1H3. The Morgan fingerprint density at radius 2 is 2.05 bits per heavy atom. The topological polar surface area (TPSA) is 52.4 Å². The summed E-state index contributed by atoms with van der Waals surface area (Å²) >= 11 is 9.48. The Labute approximate surface area is 129 Å². The Morgan fingerprint density at radius 3 is 2.60 bits per heavy atom. The zero-order chi connectivity index (χ0) is 14.7. The van der Waals surface area contributed by atoms with Crippen molar-refractivity contribution in [2.24, 2.45) is 0 Å². The number of nitro benzene ring substituents is 1. The number of hydrogen-bond donors (Lipinski definition) is 0. The lowest BCUT2D eigenvalue weighted by molar-refractivity contribution is -0.385. The van der Waals surface area contributed by atoms with E-state index in [9.17, 15) is 10.1 Å². The average molecular weight is 357 g/mol. The summed E-state index contributed by atoms with van der Waals surface area (Å²) in [7, 11) is 0. The summed E-state index contributed by atoms with van der Waals surface area (Å²) in [6, 6.07) is 10.1. The molecule has 0 aliphatic heterocycles. The predicted molar refractivity (Wildman–Crippen MR) is 82.0 cm³/mol. The van der Waals surface area contributed by atoms with Crippen LogP contribution in [0.5, 0.6) is 11.5 Å². The number of alkyl halides is 1. The zero-order valence-electron chi connectivity index (χ0n) is 10.6. The van der Waals surface area contributed by atoms with Gasteiger partial charge < -0.3 is 4.74 Å². The molecule has 0 aliphatic rings. The van der Waals surface area contributed by atoms with Crippen LogP contribution in [0.3, 0.4) is 0 Å². The normalized spacial score (nSPS) is 10.3. The van der Waals surface area contributed by atoms with Gasteiger partial charge in [0.25, 0.3) is 5.69 Å². The molecule has 0 heterocycles. The van der Waals surface area contributed by atoms with Gasteiger partial charge in [-0.25, -0.2) is 0 Å². The second kappa shape index (κ2) is 6.24. The smallest absolute Gasteiger partial charge is 0.272 e. The molecule has 0 atom stereocenters. The lowest BCUT2D eigenvalue weighted by Crippen LogP contribution is -1.93. The summed E-state index contributed by atoms with van der Waals surface area (Å²) in [6.07, 6.45) is 0. The van der Waals surface area contributed by atoms with Crippen LogP contribution >= 0.6 is 27.5 Å². The lowest BCUT2D eigenvalue weighted by Gasteiger charge is -2.09. The molecule has 0 spiro atoms. The number of benzene rings is 2. The number of hydrogen-bond acceptors (Lipinski definition) is 3. The van der Waals surface area contributed by atoms with Crippen LogP contribution in [0.25, 0.3) is 0 Å². The fourth-order valence-corrected chi connectivity index (χ4v) is 2.32. The minimum Gasteiger partial charge on any atom is -0.456 e. The molecule has 0 saturated carbocycles. The molecular formula is C14H11BrClNO3. The van der Waals surface area contributed by atoms with Crippen molar-refractivity contribution in [3.05, 3.63) is 62.7 Å². The van der Waals surface area contributed by atoms with Crippen LogP contribution in [0.4, 0.5) is 5.69 Å². The minimum atomic E-state index is -0.420. The summed E-state index contributed by atoms with van der Waals surface area (Å²) in [5.74, 6) is 1.03. The van der Waals surface area contributed by atoms with Gasteiger partial charge in [-0.3, -0.25) is 10.1 Å². The van der Waals surface area contributed by atoms with E-state index < -0.39 is 4.92 Å². The number of rotatable bonds is 4. The first-order valence-electron chi connectivity index (χ1n) is 5.78. The predicted octanol–water partition coefficient (Wildman–Crippen LogP) is 5.24. The van der Waals surface area contributed by atoms with E-state index in [-0.39, 0.29) is 5.69 Å². The Hall–Kier alpha value is -1.59.